The Bertz CT molecular complexity index is 523. The molecule has 2 aromatic rings. The van der Waals surface area contributed by atoms with Gasteiger partial charge in [-0.3, -0.25) is 0 Å². The monoisotopic (exact) mass is 256 g/mol. The van der Waals surface area contributed by atoms with Crippen molar-refractivity contribution < 1.29 is 4.74 Å². The normalized spacial score (nSPS) is 11.9. The summed E-state index contributed by atoms with van der Waals surface area (Å²) in [4.78, 5) is 4.28. The highest BCUT2D eigenvalue weighted by Gasteiger charge is 2.04. The molecule has 0 radical (unpaired) electrons. The van der Waals surface area contributed by atoms with E-state index >= 15 is 0 Å². The number of benzene rings is 1. The lowest BCUT2D eigenvalue weighted by molar-refractivity contribution is 0.303. The maximum absolute atomic E-state index is 5.73. The van der Waals surface area contributed by atoms with E-state index in [2.05, 4.69) is 43.2 Å². The van der Waals surface area contributed by atoms with Gasteiger partial charge in [0.25, 0.3) is 0 Å². The van der Waals surface area contributed by atoms with Gasteiger partial charge >= 0.3 is 0 Å². The second kappa shape index (κ2) is 6.23. The molecule has 1 unspecified atom stereocenters. The van der Waals surface area contributed by atoms with Crippen molar-refractivity contribution in [2.75, 3.05) is 11.9 Å². The molecule has 0 spiro atoms. The lowest BCUT2D eigenvalue weighted by Crippen LogP contribution is -2.24. The highest BCUT2D eigenvalue weighted by Crippen LogP contribution is 2.12. The number of nitrogens with zero attached hydrogens (tertiary/aromatic N) is 1. The Morgan fingerprint density at radius 2 is 1.84 bits per heavy atom. The predicted octanol–water partition coefficient (Wildman–Crippen LogP) is 3.58. The van der Waals surface area contributed by atoms with E-state index in [1.807, 2.05) is 30.5 Å². The third-order valence-corrected chi connectivity index (χ3v) is 2.83. The minimum absolute atomic E-state index is 0.204. The molecule has 1 atom stereocenters. The number of nitrogens with one attached hydrogen (secondary N) is 1. The van der Waals surface area contributed by atoms with E-state index < -0.39 is 0 Å². The predicted molar refractivity (Wildman–Crippen MR) is 78.7 cm³/mol. The van der Waals surface area contributed by atoms with Crippen molar-refractivity contribution in [2.24, 2.45) is 0 Å². The van der Waals surface area contributed by atoms with E-state index in [0.717, 1.165) is 11.6 Å². The summed E-state index contributed by atoms with van der Waals surface area (Å²) in [6.07, 6.45) is 1.81. The van der Waals surface area contributed by atoms with Crippen LogP contribution < -0.4 is 10.1 Å². The molecule has 1 heterocycles. The Balaban J connectivity index is 1.84. The lowest BCUT2D eigenvalue weighted by atomic mass is 10.2. The average molecular weight is 256 g/mol. The fourth-order valence-corrected chi connectivity index (χ4v) is 1.76. The van der Waals surface area contributed by atoms with Crippen molar-refractivity contribution in [3.63, 3.8) is 0 Å². The van der Waals surface area contributed by atoms with Crippen molar-refractivity contribution in [1.82, 2.24) is 4.98 Å². The van der Waals surface area contributed by atoms with Gasteiger partial charge < -0.3 is 10.1 Å². The van der Waals surface area contributed by atoms with Crippen LogP contribution in [0.15, 0.2) is 42.6 Å². The largest absolute Gasteiger partial charge is 0.491 e. The second-order valence-electron chi connectivity index (χ2n) is 4.89. The van der Waals surface area contributed by atoms with E-state index in [1.165, 1.54) is 11.1 Å². The minimum atomic E-state index is 0.204. The SMILES string of the molecule is Cc1ccc(OCC(C)Nc2cc(C)ccn2)cc1. The number of hydrogen-bond acceptors (Lipinski definition) is 3. The number of rotatable bonds is 5. The van der Waals surface area contributed by atoms with E-state index in [4.69, 9.17) is 4.74 Å². The molecule has 0 amide bonds. The summed E-state index contributed by atoms with van der Waals surface area (Å²) in [6, 6.07) is 12.3. The maximum Gasteiger partial charge on any atom is 0.126 e. The Morgan fingerprint density at radius 3 is 2.53 bits per heavy atom. The topological polar surface area (TPSA) is 34.1 Å². The maximum atomic E-state index is 5.73. The van der Waals surface area contributed by atoms with Crippen molar-refractivity contribution >= 4 is 5.82 Å². The third kappa shape index (κ3) is 4.28. The summed E-state index contributed by atoms with van der Waals surface area (Å²) < 4.78 is 5.73. The first kappa shape index (κ1) is 13.4. The average Bonchev–Trinajstić information content (AvgIpc) is 2.38. The minimum Gasteiger partial charge on any atom is -0.491 e. The molecule has 0 saturated heterocycles. The van der Waals surface area contributed by atoms with Crippen LogP contribution in [0, 0.1) is 13.8 Å². The Labute approximate surface area is 114 Å². The molecule has 3 nitrogen and oxygen atoms in total. The van der Waals surface area contributed by atoms with Crippen LogP contribution >= 0.6 is 0 Å². The summed E-state index contributed by atoms with van der Waals surface area (Å²) >= 11 is 0. The molecule has 1 N–H and O–H groups in total. The first-order chi connectivity index (χ1) is 9.13. The van der Waals surface area contributed by atoms with E-state index in [0.29, 0.717) is 6.61 Å². The van der Waals surface area contributed by atoms with Crippen LogP contribution in [0.5, 0.6) is 5.75 Å². The first-order valence-electron chi connectivity index (χ1n) is 6.52. The van der Waals surface area contributed by atoms with Gasteiger partial charge in [0.2, 0.25) is 0 Å². The fourth-order valence-electron chi connectivity index (χ4n) is 1.76. The van der Waals surface area contributed by atoms with Gasteiger partial charge in [-0.2, -0.15) is 0 Å². The van der Waals surface area contributed by atoms with Crippen molar-refractivity contribution in [3.8, 4) is 5.75 Å². The smallest absolute Gasteiger partial charge is 0.126 e. The number of ether oxygens (including phenoxy) is 1. The van der Waals surface area contributed by atoms with Crippen LogP contribution in [-0.2, 0) is 0 Å². The Morgan fingerprint density at radius 1 is 1.11 bits per heavy atom. The molecule has 3 heteroatoms. The van der Waals surface area contributed by atoms with Crippen molar-refractivity contribution in [3.05, 3.63) is 53.7 Å². The molecule has 1 aromatic carbocycles. The Hall–Kier alpha value is -2.03. The molecular weight excluding hydrogens is 236 g/mol. The van der Waals surface area contributed by atoms with Gasteiger partial charge in [-0.25, -0.2) is 4.98 Å². The molecule has 2 rings (SSSR count). The lowest BCUT2D eigenvalue weighted by Gasteiger charge is -2.15. The summed E-state index contributed by atoms with van der Waals surface area (Å²) in [5.74, 6) is 1.79. The molecule has 0 aliphatic rings. The van der Waals surface area contributed by atoms with Gasteiger partial charge in [0.1, 0.15) is 18.2 Å². The molecule has 0 fully saturated rings. The van der Waals surface area contributed by atoms with Crippen LogP contribution in [0.3, 0.4) is 0 Å². The highest BCUT2D eigenvalue weighted by molar-refractivity contribution is 5.37. The number of hydrogen-bond donors (Lipinski definition) is 1. The molecule has 0 aliphatic heterocycles. The molecule has 19 heavy (non-hydrogen) atoms. The van der Waals surface area contributed by atoms with Crippen molar-refractivity contribution in [1.29, 1.82) is 0 Å². The quantitative estimate of drug-likeness (QED) is 0.888. The molecular formula is C16H20N2O. The number of aryl methyl sites for hydroxylation is 2. The van der Waals surface area contributed by atoms with Crippen LogP contribution in [0.25, 0.3) is 0 Å². The highest BCUT2D eigenvalue weighted by atomic mass is 16.5. The first-order valence-corrected chi connectivity index (χ1v) is 6.52. The number of aromatic nitrogens is 1. The van der Waals surface area contributed by atoms with Gasteiger partial charge in [-0.15, -0.1) is 0 Å². The molecule has 1 aromatic heterocycles. The molecule has 100 valence electrons. The number of pyridine rings is 1. The molecule has 0 bridgehead atoms. The zero-order valence-corrected chi connectivity index (χ0v) is 11.7. The molecule has 0 saturated carbocycles. The summed E-state index contributed by atoms with van der Waals surface area (Å²) in [6.45, 7) is 6.81. The standard InChI is InChI=1S/C16H20N2O/c1-12-4-6-15(7-5-12)19-11-14(3)18-16-10-13(2)8-9-17-16/h4-10,14H,11H2,1-3H3,(H,17,18). The van der Waals surface area contributed by atoms with Crippen molar-refractivity contribution in [2.45, 2.75) is 26.8 Å². The van der Waals surface area contributed by atoms with E-state index in [-0.39, 0.29) is 6.04 Å². The van der Waals surface area contributed by atoms with Gasteiger partial charge in [0.05, 0.1) is 6.04 Å². The van der Waals surface area contributed by atoms with Crippen LogP contribution in [0.1, 0.15) is 18.1 Å². The second-order valence-corrected chi connectivity index (χ2v) is 4.89. The van der Waals surface area contributed by atoms with Gasteiger partial charge in [-0.1, -0.05) is 17.7 Å². The summed E-state index contributed by atoms with van der Waals surface area (Å²) in [7, 11) is 0. The van der Waals surface area contributed by atoms with Crippen LogP contribution in [0.4, 0.5) is 5.82 Å². The van der Waals surface area contributed by atoms with Gasteiger partial charge in [0.15, 0.2) is 0 Å². The zero-order chi connectivity index (χ0) is 13.7. The van der Waals surface area contributed by atoms with Gasteiger partial charge in [0, 0.05) is 6.20 Å². The number of anilines is 1. The van der Waals surface area contributed by atoms with Crippen LogP contribution in [-0.4, -0.2) is 17.6 Å². The van der Waals surface area contributed by atoms with E-state index in [9.17, 15) is 0 Å². The summed E-state index contributed by atoms with van der Waals surface area (Å²) in [5, 5.41) is 3.33. The zero-order valence-electron chi connectivity index (χ0n) is 11.7. The van der Waals surface area contributed by atoms with Gasteiger partial charge in [-0.05, 0) is 50.6 Å². The molecule has 0 aliphatic carbocycles. The third-order valence-electron chi connectivity index (χ3n) is 2.83. The fraction of sp³-hybridized carbons (Fsp3) is 0.312. The Kier molecular flexibility index (Phi) is 4.39. The van der Waals surface area contributed by atoms with Crippen LogP contribution in [0.2, 0.25) is 0 Å². The summed E-state index contributed by atoms with van der Waals surface area (Å²) in [5.41, 5.74) is 2.44. The van der Waals surface area contributed by atoms with E-state index in [1.54, 1.807) is 0 Å².